The molecule has 0 bridgehead atoms. The fourth-order valence-corrected chi connectivity index (χ4v) is 3.43. The lowest BCUT2D eigenvalue weighted by Gasteiger charge is -2.16. The van der Waals surface area contributed by atoms with Gasteiger partial charge in [-0.1, -0.05) is 6.08 Å². The van der Waals surface area contributed by atoms with E-state index in [4.69, 9.17) is 4.98 Å². The zero-order valence-electron chi connectivity index (χ0n) is 17.3. The van der Waals surface area contributed by atoms with Gasteiger partial charge in [-0.2, -0.15) is 5.10 Å². The van der Waals surface area contributed by atoms with Gasteiger partial charge < -0.3 is 10.6 Å². The average molecular weight is 390 g/mol. The van der Waals surface area contributed by atoms with Crippen LogP contribution in [0.4, 0.5) is 5.82 Å². The van der Waals surface area contributed by atoms with Crippen LogP contribution in [0, 0.1) is 0 Å². The maximum absolute atomic E-state index is 4.91. The third kappa shape index (κ3) is 3.97. The Morgan fingerprint density at radius 1 is 1.28 bits per heavy atom. The van der Waals surface area contributed by atoms with Crippen molar-refractivity contribution in [1.29, 1.82) is 0 Å². The SMILES string of the molecule is C/N=C(C)\C=C(/C)Nc1nc(C2=CCCNC2)cn2c(-c3cnn(C)c3)cnc12. The summed E-state index contributed by atoms with van der Waals surface area (Å²) in [6.45, 7) is 5.79. The van der Waals surface area contributed by atoms with Gasteiger partial charge in [0, 0.05) is 50.0 Å². The lowest BCUT2D eigenvalue weighted by molar-refractivity contribution is 0.737. The summed E-state index contributed by atoms with van der Waals surface area (Å²) in [4.78, 5) is 13.8. The van der Waals surface area contributed by atoms with Crippen molar-refractivity contribution in [3.8, 4) is 11.3 Å². The summed E-state index contributed by atoms with van der Waals surface area (Å²) in [5.74, 6) is 0.724. The molecule has 0 fully saturated rings. The number of imidazole rings is 1. The van der Waals surface area contributed by atoms with Crippen molar-refractivity contribution in [3.63, 3.8) is 0 Å². The molecule has 1 aliphatic rings. The minimum Gasteiger partial charge on any atom is -0.341 e. The standard InChI is InChI=1S/C21H26N8/c1-14(22-3)8-15(2)26-20-21-24-11-19(17-10-25-28(4)12-17)29(21)13-18(27-20)16-6-5-7-23-9-16/h6,8,10-13,23H,5,7,9H2,1-4H3,(H,26,27)/b15-8+,22-14-. The number of nitrogens with one attached hydrogen (secondary N) is 2. The maximum Gasteiger partial charge on any atom is 0.180 e. The van der Waals surface area contributed by atoms with Crippen LogP contribution in [-0.4, -0.2) is 50.0 Å². The van der Waals surface area contributed by atoms with E-state index in [0.29, 0.717) is 0 Å². The fraction of sp³-hybridized carbons (Fsp3) is 0.333. The summed E-state index contributed by atoms with van der Waals surface area (Å²) >= 11 is 0. The maximum atomic E-state index is 4.91. The zero-order valence-corrected chi connectivity index (χ0v) is 17.3. The van der Waals surface area contributed by atoms with Gasteiger partial charge in [0.05, 0.1) is 23.8 Å². The molecule has 8 nitrogen and oxygen atoms in total. The van der Waals surface area contributed by atoms with Crippen molar-refractivity contribution >= 4 is 22.7 Å². The Morgan fingerprint density at radius 3 is 2.83 bits per heavy atom. The number of hydrogen-bond donors (Lipinski definition) is 2. The predicted octanol–water partition coefficient (Wildman–Crippen LogP) is 2.91. The van der Waals surface area contributed by atoms with E-state index < -0.39 is 0 Å². The van der Waals surface area contributed by atoms with Crippen molar-refractivity contribution in [3.05, 3.63) is 48.3 Å². The van der Waals surface area contributed by atoms with Crippen molar-refractivity contribution in [2.45, 2.75) is 20.3 Å². The summed E-state index contributed by atoms with van der Waals surface area (Å²) in [6.07, 6.45) is 13.0. The van der Waals surface area contributed by atoms with E-state index in [1.54, 1.807) is 11.7 Å². The number of fused-ring (bicyclic) bond motifs is 1. The summed E-state index contributed by atoms with van der Waals surface area (Å²) in [7, 11) is 3.70. The normalized spacial score (nSPS) is 15.7. The van der Waals surface area contributed by atoms with E-state index in [1.165, 1.54) is 5.57 Å². The van der Waals surface area contributed by atoms with Gasteiger partial charge in [0.2, 0.25) is 0 Å². The molecule has 2 N–H and O–H groups in total. The minimum absolute atomic E-state index is 0.724. The Bertz CT molecular complexity index is 1130. The van der Waals surface area contributed by atoms with Crippen LogP contribution in [0.25, 0.3) is 22.5 Å². The molecule has 4 rings (SSSR count). The number of anilines is 1. The van der Waals surface area contributed by atoms with Crippen molar-refractivity contribution in [1.82, 2.24) is 29.5 Å². The number of aryl methyl sites for hydroxylation is 1. The summed E-state index contributed by atoms with van der Waals surface area (Å²) in [5.41, 5.74) is 6.80. The monoisotopic (exact) mass is 390 g/mol. The molecule has 0 aromatic carbocycles. The molecule has 0 atom stereocenters. The first-order valence-electron chi connectivity index (χ1n) is 9.71. The van der Waals surface area contributed by atoms with Crippen LogP contribution in [0.1, 0.15) is 26.0 Å². The van der Waals surface area contributed by atoms with Crippen molar-refractivity contribution in [2.24, 2.45) is 12.0 Å². The molecule has 0 radical (unpaired) electrons. The Labute approximate surface area is 170 Å². The molecule has 0 saturated carbocycles. The van der Waals surface area contributed by atoms with Gasteiger partial charge in [-0.25, -0.2) is 9.97 Å². The lowest BCUT2D eigenvalue weighted by atomic mass is 10.1. The fourth-order valence-electron chi connectivity index (χ4n) is 3.43. The van der Waals surface area contributed by atoms with E-state index in [0.717, 1.165) is 59.3 Å². The number of rotatable bonds is 5. The molecule has 150 valence electrons. The van der Waals surface area contributed by atoms with Crippen LogP contribution < -0.4 is 10.6 Å². The Hall–Kier alpha value is -3.26. The highest BCUT2D eigenvalue weighted by Crippen LogP contribution is 2.27. The van der Waals surface area contributed by atoms with Gasteiger partial charge in [-0.3, -0.25) is 14.1 Å². The van der Waals surface area contributed by atoms with Crippen LogP contribution in [-0.2, 0) is 7.05 Å². The number of hydrogen-bond acceptors (Lipinski definition) is 6. The van der Waals surface area contributed by atoms with E-state index in [-0.39, 0.29) is 0 Å². The summed E-state index contributed by atoms with van der Waals surface area (Å²) in [6, 6.07) is 0. The van der Waals surface area contributed by atoms with E-state index in [1.807, 2.05) is 45.6 Å². The highest BCUT2D eigenvalue weighted by atomic mass is 15.2. The molecular weight excluding hydrogens is 364 g/mol. The van der Waals surface area contributed by atoms with Crippen molar-refractivity contribution < 1.29 is 0 Å². The van der Waals surface area contributed by atoms with Gasteiger partial charge in [0.1, 0.15) is 0 Å². The largest absolute Gasteiger partial charge is 0.341 e. The second-order valence-corrected chi connectivity index (χ2v) is 7.23. The summed E-state index contributed by atoms with van der Waals surface area (Å²) < 4.78 is 3.88. The van der Waals surface area contributed by atoms with E-state index in [9.17, 15) is 0 Å². The molecule has 0 saturated heterocycles. The Morgan fingerprint density at radius 2 is 2.14 bits per heavy atom. The first kappa shape index (κ1) is 19.1. The van der Waals surface area contributed by atoms with Crippen LogP contribution in [0.2, 0.25) is 0 Å². The molecule has 29 heavy (non-hydrogen) atoms. The highest BCUT2D eigenvalue weighted by Gasteiger charge is 2.16. The predicted molar refractivity (Wildman–Crippen MR) is 117 cm³/mol. The van der Waals surface area contributed by atoms with Crippen LogP contribution >= 0.6 is 0 Å². The molecule has 0 aliphatic carbocycles. The van der Waals surface area contributed by atoms with Crippen molar-refractivity contribution in [2.75, 3.05) is 25.5 Å². The lowest BCUT2D eigenvalue weighted by Crippen LogP contribution is -2.22. The van der Waals surface area contributed by atoms with Gasteiger partial charge in [-0.15, -0.1) is 0 Å². The Kier molecular flexibility index (Phi) is 5.26. The summed E-state index contributed by atoms with van der Waals surface area (Å²) in [5, 5.41) is 11.1. The first-order valence-corrected chi connectivity index (χ1v) is 9.71. The van der Waals surface area contributed by atoms with Crippen LogP contribution in [0.3, 0.4) is 0 Å². The molecule has 3 aromatic rings. The number of nitrogens with zero attached hydrogens (tertiary/aromatic N) is 6. The van der Waals surface area contributed by atoms with Gasteiger partial charge in [0.25, 0.3) is 0 Å². The molecule has 4 heterocycles. The second kappa shape index (κ2) is 8.00. The number of aliphatic imine (C=N–C) groups is 1. The zero-order chi connectivity index (χ0) is 20.4. The quantitative estimate of drug-likeness (QED) is 0.655. The molecule has 3 aromatic heterocycles. The molecule has 0 spiro atoms. The van der Waals surface area contributed by atoms with Gasteiger partial charge in [-0.05, 0) is 38.5 Å². The van der Waals surface area contributed by atoms with Crippen LogP contribution in [0.5, 0.6) is 0 Å². The number of allylic oxidation sites excluding steroid dienone is 2. The Balaban J connectivity index is 1.85. The smallest absolute Gasteiger partial charge is 0.180 e. The molecule has 0 unspecified atom stereocenters. The highest BCUT2D eigenvalue weighted by molar-refractivity contribution is 5.93. The van der Waals surface area contributed by atoms with Gasteiger partial charge in [0.15, 0.2) is 11.5 Å². The number of aromatic nitrogens is 5. The molecule has 0 amide bonds. The minimum atomic E-state index is 0.724. The molecular formula is C21H26N8. The topological polar surface area (TPSA) is 84.4 Å². The van der Waals surface area contributed by atoms with Crippen LogP contribution in [0.15, 0.2) is 47.6 Å². The molecule has 1 aliphatic heterocycles. The third-order valence-corrected chi connectivity index (χ3v) is 4.94. The van der Waals surface area contributed by atoms with E-state index in [2.05, 4.69) is 42.4 Å². The first-order chi connectivity index (χ1) is 14.0. The van der Waals surface area contributed by atoms with E-state index >= 15 is 0 Å². The third-order valence-electron chi connectivity index (χ3n) is 4.94. The average Bonchev–Trinajstić information content (AvgIpc) is 3.34. The second-order valence-electron chi connectivity index (χ2n) is 7.23. The molecule has 8 heteroatoms. The van der Waals surface area contributed by atoms with Gasteiger partial charge >= 0.3 is 0 Å².